The maximum atomic E-state index is 13.6. The number of halogens is 1. The summed E-state index contributed by atoms with van der Waals surface area (Å²) in [5, 5.41) is 12.6. The number of piperidine rings is 2. The predicted molar refractivity (Wildman–Crippen MR) is 160 cm³/mol. The number of nitriles is 1. The molecule has 2 fully saturated rings. The summed E-state index contributed by atoms with van der Waals surface area (Å²) in [5.41, 5.74) is 5.68. The van der Waals surface area contributed by atoms with Crippen LogP contribution >= 0.6 is 11.6 Å². The molecular formula is C34H35ClN4O2. The van der Waals surface area contributed by atoms with E-state index in [1.165, 1.54) is 11.1 Å². The average molecular weight is 567 g/mol. The molecule has 2 amide bonds. The van der Waals surface area contributed by atoms with E-state index in [4.69, 9.17) is 16.9 Å². The van der Waals surface area contributed by atoms with Gasteiger partial charge in [-0.2, -0.15) is 5.26 Å². The number of fused-ring (bicyclic) bond motifs is 1. The molecule has 0 radical (unpaired) electrons. The van der Waals surface area contributed by atoms with Crippen molar-refractivity contribution in [1.29, 1.82) is 5.26 Å². The van der Waals surface area contributed by atoms with Crippen molar-refractivity contribution in [1.82, 2.24) is 15.1 Å². The van der Waals surface area contributed by atoms with Gasteiger partial charge in [0.15, 0.2) is 0 Å². The lowest BCUT2D eigenvalue weighted by Gasteiger charge is -2.47. The minimum absolute atomic E-state index is 0.0870. The molecular weight excluding hydrogens is 532 g/mol. The number of hydrogen-bond donors (Lipinski definition) is 1. The predicted octanol–water partition coefficient (Wildman–Crippen LogP) is 6.15. The fraction of sp³-hybridized carbons (Fsp3) is 0.382. The van der Waals surface area contributed by atoms with Crippen LogP contribution in [0.15, 0.2) is 66.7 Å². The Morgan fingerprint density at radius 1 is 0.951 bits per heavy atom. The van der Waals surface area contributed by atoms with Gasteiger partial charge in [-0.1, -0.05) is 41.9 Å². The van der Waals surface area contributed by atoms with Crippen LogP contribution in [0.2, 0.25) is 5.02 Å². The first-order valence-electron chi connectivity index (χ1n) is 14.6. The van der Waals surface area contributed by atoms with Crippen molar-refractivity contribution in [3.05, 3.63) is 105 Å². The summed E-state index contributed by atoms with van der Waals surface area (Å²) in [4.78, 5) is 31.0. The van der Waals surface area contributed by atoms with E-state index in [1.54, 1.807) is 12.1 Å². The van der Waals surface area contributed by atoms with Crippen molar-refractivity contribution in [3.8, 4) is 6.07 Å². The number of likely N-dealkylation sites (tertiary alicyclic amines) is 2. The number of amides is 2. The highest BCUT2D eigenvalue weighted by Crippen LogP contribution is 2.42. The van der Waals surface area contributed by atoms with Crippen LogP contribution < -0.4 is 5.32 Å². The summed E-state index contributed by atoms with van der Waals surface area (Å²) in [6.45, 7) is 4.64. The third kappa shape index (κ3) is 5.88. The first-order chi connectivity index (χ1) is 19.9. The van der Waals surface area contributed by atoms with Crippen molar-refractivity contribution in [2.24, 2.45) is 5.41 Å². The Hall–Kier alpha value is -3.66. The van der Waals surface area contributed by atoms with Crippen LogP contribution in [0.5, 0.6) is 0 Å². The Labute approximate surface area is 246 Å². The highest BCUT2D eigenvalue weighted by atomic mass is 35.5. The maximum absolute atomic E-state index is 13.6. The molecule has 41 heavy (non-hydrogen) atoms. The van der Waals surface area contributed by atoms with Gasteiger partial charge in [-0.25, -0.2) is 0 Å². The Bertz CT molecular complexity index is 1480. The quantitative estimate of drug-likeness (QED) is 0.402. The molecule has 0 aromatic heterocycles. The fourth-order valence-corrected chi connectivity index (χ4v) is 6.98. The van der Waals surface area contributed by atoms with Gasteiger partial charge >= 0.3 is 0 Å². The number of rotatable bonds is 5. The lowest BCUT2D eigenvalue weighted by Crippen LogP contribution is -2.48. The van der Waals surface area contributed by atoms with E-state index >= 15 is 0 Å². The Kier molecular flexibility index (Phi) is 7.84. The number of nitrogens with zero attached hydrogens (tertiary/aromatic N) is 3. The third-order valence-electron chi connectivity index (χ3n) is 9.41. The molecule has 0 saturated carbocycles. The first-order valence-corrected chi connectivity index (χ1v) is 15.0. The number of aryl methyl sites for hydroxylation is 1. The van der Waals surface area contributed by atoms with Crippen LogP contribution in [0.3, 0.4) is 0 Å². The van der Waals surface area contributed by atoms with Crippen LogP contribution in [0.4, 0.5) is 0 Å². The Balaban J connectivity index is 1.04. The second-order valence-corrected chi connectivity index (χ2v) is 12.2. The van der Waals surface area contributed by atoms with Gasteiger partial charge in [-0.05, 0) is 110 Å². The van der Waals surface area contributed by atoms with Gasteiger partial charge in [0.2, 0.25) is 0 Å². The molecule has 1 atom stereocenters. The largest absolute Gasteiger partial charge is 0.345 e. The number of carbonyl (C=O) groups is 2. The molecule has 3 aromatic carbocycles. The molecule has 210 valence electrons. The smallest absolute Gasteiger partial charge is 0.253 e. The van der Waals surface area contributed by atoms with Crippen LogP contribution in [0, 0.1) is 16.7 Å². The number of carbonyl (C=O) groups excluding carboxylic acids is 2. The van der Waals surface area contributed by atoms with Crippen LogP contribution in [0.25, 0.3) is 0 Å². The second kappa shape index (κ2) is 11.7. The van der Waals surface area contributed by atoms with Crippen molar-refractivity contribution in [3.63, 3.8) is 0 Å². The molecule has 6 rings (SSSR count). The van der Waals surface area contributed by atoms with Crippen LogP contribution in [-0.2, 0) is 13.0 Å². The number of benzene rings is 3. The van der Waals surface area contributed by atoms with E-state index in [0.717, 1.165) is 76.8 Å². The average Bonchev–Trinajstić information content (AvgIpc) is 3.41. The van der Waals surface area contributed by atoms with E-state index in [1.807, 2.05) is 41.3 Å². The van der Waals surface area contributed by atoms with Crippen molar-refractivity contribution < 1.29 is 9.59 Å². The highest BCUT2D eigenvalue weighted by molar-refractivity contribution is 6.33. The van der Waals surface area contributed by atoms with E-state index < -0.39 is 0 Å². The van der Waals surface area contributed by atoms with Gasteiger partial charge in [-0.15, -0.1) is 0 Å². The molecule has 2 aliphatic heterocycles. The maximum Gasteiger partial charge on any atom is 0.253 e. The number of nitrogens with one attached hydrogen (secondary N) is 1. The number of hydrogen-bond acceptors (Lipinski definition) is 4. The van der Waals surface area contributed by atoms with Gasteiger partial charge in [0.05, 0.1) is 28.3 Å². The lowest BCUT2D eigenvalue weighted by molar-refractivity contribution is 0.0285. The topological polar surface area (TPSA) is 76.4 Å². The normalized spacial score (nSPS) is 19.9. The van der Waals surface area contributed by atoms with E-state index in [9.17, 15) is 9.59 Å². The Morgan fingerprint density at radius 3 is 2.37 bits per heavy atom. The van der Waals surface area contributed by atoms with Crippen LogP contribution in [-0.4, -0.2) is 47.8 Å². The van der Waals surface area contributed by atoms with E-state index in [0.29, 0.717) is 27.1 Å². The zero-order valence-electron chi connectivity index (χ0n) is 23.2. The van der Waals surface area contributed by atoms with E-state index in [2.05, 4.69) is 34.5 Å². The fourth-order valence-electron chi connectivity index (χ4n) is 6.76. The standard InChI is InChI=1S/C34H35ClN4O2/c35-30-4-2-1-3-28(30)32(40)37-31-12-11-26-9-10-27(21-29(26)31)33(41)39-19-15-34(16-20-39)13-17-38(18-14-34)23-25-7-5-24(22-36)6-8-25/h1-10,21,31H,11-20,23H2,(H,37,40). The highest BCUT2D eigenvalue weighted by Gasteiger charge is 2.39. The summed E-state index contributed by atoms with van der Waals surface area (Å²) >= 11 is 6.24. The zero-order valence-corrected chi connectivity index (χ0v) is 24.0. The molecule has 1 unspecified atom stereocenters. The monoisotopic (exact) mass is 566 g/mol. The molecule has 1 aliphatic carbocycles. The van der Waals surface area contributed by atoms with Gasteiger partial charge in [0.25, 0.3) is 11.8 Å². The minimum Gasteiger partial charge on any atom is -0.345 e. The molecule has 7 heteroatoms. The zero-order chi connectivity index (χ0) is 28.4. The minimum atomic E-state index is -0.186. The molecule has 3 aliphatic rings. The summed E-state index contributed by atoms with van der Waals surface area (Å²) in [5.74, 6) is -0.0987. The van der Waals surface area contributed by atoms with Gasteiger partial charge < -0.3 is 10.2 Å². The SMILES string of the molecule is N#Cc1ccc(CN2CCC3(CC2)CCN(C(=O)c2ccc4c(c2)C(NC(=O)c2ccccc2Cl)CC4)CC3)cc1. The molecule has 2 saturated heterocycles. The van der Waals surface area contributed by atoms with Gasteiger partial charge in [0, 0.05) is 25.2 Å². The lowest BCUT2D eigenvalue weighted by atomic mass is 9.71. The van der Waals surface area contributed by atoms with E-state index in [-0.39, 0.29) is 17.9 Å². The third-order valence-corrected chi connectivity index (χ3v) is 9.74. The van der Waals surface area contributed by atoms with Crippen molar-refractivity contribution in [2.75, 3.05) is 26.2 Å². The molecule has 1 spiro atoms. The van der Waals surface area contributed by atoms with Crippen molar-refractivity contribution in [2.45, 2.75) is 51.1 Å². The Morgan fingerprint density at radius 2 is 1.66 bits per heavy atom. The summed E-state index contributed by atoms with van der Waals surface area (Å²) in [6, 6.07) is 23.0. The second-order valence-electron chi connectivity index (χ2n) is 11.8. The molecule has 1 N–H and O–H groups in total. The summed E-state index contributed by atoms with van der Waals surface area (Å²) in [7, 11) is 0. The van der Waals surface area contributed by atoms with Crippen molar-refractivity contribution >= 4 is 23.4 Å². The summed E-state index contributed by atoms with van der Waals surface area (Å²) in [6.07, 6.45) is 6.12. The van der Waals surface area contributed by atoms with Gasteiger partial charge in [-0.3, -0.25) is 14.5 Å². The van der Waals surface area contributed by atoms with Crippen LogP contribution in [0.1, 0.15) is 81.1 Å². The first kappa shape index (κ1) is 27.5. The molecule has 3 aromatic rings. The van der Waals surface area contributed by atoms with Gasteiger partial charge in [0.1, 0.15) is 0 Å². The summed E-state index contributed by atoms with van der Waals surface area (Å²) < 4.78 is 0. The molecule has 2 heterocycles. The molecule has 6 nitrogen and oxygen atoms in total. The molecule has 0 bridgehead atoms.